The second kappa shape index (κ2) is 5.43. The molecule has 1 atom stereocenters. The largest absolute Gasteiger partial charge is 0.344 e. The van der Waals surface area contributed by atoms with Crippen molar-refractivity contribution in [3.63, 3.8) is 0 Å². The molecule has 0 amide bonds. The molecule has 0 heterocycles. The summed E-state index contributed by atoms with van der Waals surface area (Å²) in [5.41, 5.74) is 0.480. The molecule has 0 N–H and O–H groups in total. The van der Waals surface area contributed by atoms with Crippen molar-refractivity contribution in [2.24, 2.45) is 0 Å². The summed E-state index contributed by atoms with van der Waals surface area (Å²) in [6, 6.07) is 8.58. The van der Waals surface area contributed by atoms with Gasteiger partial charge in [0.05, 0.1) is 6.61 Å². The van der Waals surface area contributed by atoms with E-state index in [1.54, 1.807) is 24.3 Å². The van der Waals surface area contributed by atoms with Crippen LogP contribution in [0.2, 0.25) is 0 Å². The fourth-order valence-electron chi connectivity index (χ4n) is 0.920. The monoisotopic (exact) mass is 182 g/mol. The van der Waals surface area contributed by atoms with Crippen LogP contribution in [-0.4, -0.2) is 12.9 Å². The van der Waals surface area contributed by atoms with Gasteiger partial charge < -0.3 is 9.53 Å². The van der Waals surface area contributed by atoms with Gasteiger partial charge in [-0.1, -0.05) is 30.3 Å². The Labute approximate surface area is 76.3 Å². The Morgan fingerprint density at radius 1 is 1.38 bits per heavy atom. The highest BCUT2D eigenvalue weighted by molar-refractivity contribution is 5.49. The maximum Gasteiger partial charge on any atom is 0.225 e. The van der Waals surface area contributed by atoms with Crippen LogP contribution in [0.1, 0.15) is 18.3 Å². The van der Waals surface area contributed by atoms with Gasteiger partial charge in [-0.2, -0.15) is 0 Å². The molecule has 0 bridgehead atoms. The molecule has 13 heavy (non-hydrogen) atoms. The predicted octanol–water partition coefficient (Wildman–Crippen LogP) is 2.26. The number of rotatable bonds is 5. The number of carbonyl (C=O) groups excluding carboxylic acids is 1. The van der Waals surface area contributed by atoms with E-state index < -0.39 is 6.36 Å². The summed E-state index contributed by atoms with van der Waals surface area (Å²) in [4.78, 5) is 9.92. The number of halogens is 1. The minimum Gasteiger partial charge on any atom is -0.344 e. The summed E-state index contributed by atoms with van der Waals surface area (Å²) in [5.74, 6) is 0. The van der Waals surface area contributed by atoms with Gasteiger partial charge in [0.2, 0.25) is 6.36 Å². The smallest absolute Gasteiger partial charge is 0.225 e. The van der Waals surface area contributed by atoms with Crippen molar-refractivity contribution in [1.29, 1.82) is 0 Å². The van der Waals surface area contributed by atoms with E-state index >= 15 is 0 Å². The van der Waals surface area contributed by atoms with Gasteiger partial charge in [0.1, 0.15) is 6.29 Å². The molecular formula is C10H11FO2. The molecule has 1 aromatic carbocycles. The Morgan fingerprint density at radius 3 is 2.69 bits per heavy atom. The Balaban J connectivity index is 2.39. The van der Waals surface area contributed by atoms with Crippen molar-refractivity contribution < 1.29 is 13.9 Å². The highest BCUT2D eigenvalue weighted by Crippen LogP contribution is 2.17. The number of ether oxygens (including phenoxy) is 1. The van der Waals surface area contributed by atoms with Gasteiger partial charge in [-0.15, -0.1) is 0 Å². The minimum atomic E-state index is -1.43. The molecular weight excluding hydrogens is 171 g/mol. The SMILES string of the molecule is O=CCCOC(F)c1ccccc1. The zero-order valence-corrected chi connectivity index (χ0v) is 7.15. The van der Waals surface area contributed by atoms with Crippen LogP contribution in [0, 0.1) is 0 Å². The first-order chi connectivity index (χ1) is 6.34. The summed E-state index contributed by atoms with van der Waals surface area (Å²) in [6.45, 7) is 0.125. The molecule has 0 aliphatic carbocycles. The van der Waals surface area contributed by atoms with Crippen LogP contribution < -0.4 is 0 Å². The number of hydrogen-bond acceptors (Lipinski definition) is 2. The Hall–Kier alpha value is -1.22. The van der Waals surface area contributed by atoms with Crippen molar-refractivity contribution in [2.75, 3.05) is 6.61 Å². The second-order valence-corrected chi connectivity index (χ2v) is 2.55. The Bertz CT molecular complexity index is 248. The molecule has 0 saturated heterocycles. The zero-order chi connectivity index (χ0) is 9.52. The van der Waals surface area contributed by atoms with Gasteiger partial charge in [0, 0.05) is 12.0 Å². The first-order valence-corrected chi connectivity index (χ1v) is 4.09. The molecule has 0 aromatic heterocycles. The highest BCUT2D eigenvalue weighted by atomic mass is 19.1. The highest BCUT2D eigenvalue weighted by Gasteiger charge is 2.07. The molecule has 1 unspecified atom stereocenters. The van der Waals surface area contributed by atoms with Crippen LogP contribution in [0.4, 0.5) is 4.39 Å². The molecule has 1 aromatic rings. The number of alkyl halides is 1. The van der Waals surface area contributed by atoms with Gasteiger partial charge in [0.25, 0.3) is 0 Å². The lowest BCUT2D eigenvalue weighted by Crippen LogP contribution is -2.00. The fraction of sp³-hybridized carbons (Fsp3) is 0.300. The summed E-state index contributed by atoms with van der Waals surface area (Å²) in [7, 11) is 0. The predicted molar refractivity (Wildman–Crippen MR) is 46.9 cm³/mol. The van der Waals surface area contributed by atoms with Crippen molar-refractivity contribution in [1.82, 2.24) is 0 Å². The molecule has 0 saturated carbocycles. The molecule has 70 valence electrons. The number of benzene rings is 1. The third kappa shape index (κ3) is 3.34. The maximum absolute atomic E-state index is 13.1. The van der Waals surface area contributed by atoms with E-state index in [-0.39, 0.29) is 13.0 Å². The van der Waals surface area contributed by atoms with Gasteiger partial charge in [-0.3, -0.25) is 0 Å². The summed E-state index contributed by atoms with van der Waals surface area (Å²) < 4.78 is 17.9. The van der Waals surface area contributed by atoms with Crippen LogP contribution >= 0.6 is 0 Å². The first kappa shape index (κ1) is 9.86. The lowest BCUT2D eigenvalue weighted by Gasteiger charge is -2.07. The van der Waals surface area contributed by atoms with Gasteiger partial charge >= 0.3 is 0 Å². The summed E-state index contributed by atoms with van der Waals surface area (Å²) in [6.07, 6.45) is -0.494. The van der Waals surface area contributed by atoms with E-state index in [4.69, 9.17) is 4.74 Å². The van der Waals surface area contributed by atoms with Crippen LogP contribution in [0.3, 0.4) is 0 Å². The zero-order valence-electron chi connectivity index (χ0n) is 7.15. The van der Waals surface area contributed by atoms with Crippen molar-refractivity contribution in [3.05, 3.63) is 35.9 Å². The molecule has 3 heteroatoms. The van der Waals surface area contributed by atoms with Crippen LogP contribution in [0.5, 0.6) is 0 Å². The van der Waals surface area contributed by atoms with E-state index in [0.717, 1.165) is 0 Å². The lowest BCUT2D eigenvalue weighted by molar-refractivity contribution is -0.110. The molecule has 0 spiro atoms. The van der Waals surface area contributed by atoms with Crippen LogP contribution in [0.25, 0.3) is 0 Å². The molecule has 1 rings (SSSR count). The summed E-state index contributed by atoms with van der Waals surface area (Å²) in [5, 5.41) is 0. The van der Waals surface area contributed by atoms with Gasteiger partial charge in [-0.05, 0) is 0 Å². The Kier molecular flexibility index (Phi) is 4.12. The first-order valence-electron chi connectivity index (χ1n) is 4.09. The third-order valence-corrected chi connectivity index (χ3v) is 1.56. The van der Waals surface area contributed by atoms with Crippen LogP contribution in [0.15, 0.2) is 30.3 Å². The minimum absolute atomic E-state index is 0.125. The summed E-state index contributed by atoms with van der Waals surface area (Å²) >= 11 is 0. The van der Waals surface area contributed by atoms with Crippen molar-refractivity contribution >= 4 is 6.29 Å². The molecule has 0 aliphatic heterocycles. The Morgan fingerprint density at radius 2 is 2.08 bits per heavy atom. The number of aldehydes is 1. The standard InChI is InChI=1S/C10H11FO2/c11-10(13-8-4-7-12)9-5-2-1-3-6-9/h1-3,5-7,10H,4,8H2. The molecule has 0 radical (unpaired) electrons. The van der Waals surface area contributed by atoms with Crippen LogP contribution in [-0.2, 0) is 9.53 Å². The molecule has 0 fully saturated rings. The van der Waals surface area contributed by atoms with Gasteiger partial charge in [0.15, 0.2) is 0 Å². The fourth-order valence-corrected chi connectivity index (χ4v) is 0.920. The lowest BCUT2D eigenvalue weighted by atomic mass is 10.2. The van der Waals surface area contributed by atoms with Gasteiger partial charge in [-0.25, -0.2) is 4.39 Å². The van der Waals surface area contributed by atoms with E-state index in [9.17, 15) is 9.18 Å². The topological polar surface area (TPSA) is 26.3 Å². The second-order valence-electron chi connectivity index (χ2n) is 2.55. The average Bonchev–Trinajstić information content (AvgIpc) is 2.19. The maximum atomic E-state index is 13.1. The molecule has 2 nitrogen and oxygen atoms in total. The van der Waals surface area contributed by atoms with Crippen molar-refractivity contribution in [2.45, 2.75) is 12.8 Å². The average molecular weight is 182 g/mol. The quantitative estimate of drug-likeness (QED) is 0.515. The number of carbonyl (C=O) groups is 1. The van der Waals surface area contributed by atoms with E-state index in [0.29, 0.717) is 11.8 Å². The van der Waals surface area contributed by atoms with E-state index in [1.165, 1.54) is 0 Å². The van der Waals surface area contributed by atoms with E-state index in [2.05, 4.69) is 0 Å². The van der Waals surface area contributed by atoms with E-state index in [1.807, 2.05) is 6.07 Å². The molecule has 0 aliphatic rings. The third-order valence-electron chi connectivity index (χ3n) is 1.56. The number of hydrogen-bond donors (Lipinski definition) is 0. The van der Waals surface area contributed by atoms with Crippen molar-refractivity contribution in [3.8, 4) is 0 Å². The normalized spacial score (nSPS) is 12.4.